The van der Waals surface area contributed by atoms with Crippen LogP contribution < -0.4 is 5.73 Å². The maximum absolute atomic E-state index is 13.0. The smallest absolute Gasteiger partial charge is 0.359 e. The van der Waals surface area contributed by atoms with E-state index in [-0.39, 0.29) is 23.1 Å². The Kier molecular flexibility index (Phi) is 4.73. The van der Waals surface area contributed by atoms with Crippen LogP contribution in [0.2, 0.25) is 0 Å². The van der Waals surface area contributed by atoms with Crippen molar-refractivity contribution in [1.82, 2.24) is 5.16 Å². The van der Waals surface area contributed by atoms with Gasteiger partial charge in [0, 0.05) is 11.6 Å². The normalized spacial score (nSPS) is 13.6. The number of nitrogens with zero attached hydrogens (tertiary/aromatic N) is 1. The first-order valence-electron chi connectivity index (χ1n) is 7.62. The summed E-state index contributed by atoms with van der Waals surface area (Å²) in [6.45, 7) is 0. The second kappa shape index (κ2) is 6.73. The Hall–Kier alpha value is -2.81. The van der Waals surface area contributed by atoms with Crippen LogP contribution in [0.4, 0.5) is 26.3 Å². The summed E-state index contributed by atoms with van der Waals surface area (Å²) in [7, 11) is 0. The molecule has 0 saturated heterocycles. The summed E-state index contributed by atoms with van der Waals surface area (Å²) in [6, 6.07) is 10.3. The molecule has 2 N–H and O–H groups in total. The van der Waals surface area contributed by atoms with Gasteiger partial charge in [-0.15, -0.1) is 0 Å². The molecular formula is C18H12F6N2O. The molecule has 1 atom stereocenters. The molecule has 0 aliphatic heterocycles. The lowest BCUT2D eigenvalue weighted by Gasteiger charge is -2.13. The summed E-state index contributed by atoms with van der Waals surface area (Å²) in [6.07, 6.45) is -9.88. The van der Waals surface area contributed by atoms with Gasteiger partial charge in [0.1, 0.15) is 5.69 Å². The average Bonchev–Trinajstić information content (AvgIpc) is 3.10. The van der Waals surface area contributed by atoms with Crippen LogP contribution in [0.5, 0.6) is 0 Å². The Morgan fingerprint density at radius 2 is 1.37 bits per heavy atom. The van der Waals surface area contributed by atoms with Crippen molar-refractivity contribution in [3.63, 3.8) is 0 Å². The maximum Gasteiger partial charge on any atom is 0.416 e. The summed E-state index contributed by atoms with van der Waals surface area (Å²) in [4.78, 5) is 0. The number of nitrogens with two attached hydrogens (primary N) is 1. The second-order valence-electron chi connectivity index (χ2n) is 5.80. The molecule has 1 unspecified atom stereocenters. The molecule has 2 aromatic carbocycles. The van der Waals surface area contributed by atoms with Gasteiger partial charge in [0.15, 0.2) is 5.76 Å². The molecule has 142 valence electrons. The molecule has 3 nitrogen and oxygen atoms in total. The number of rotatable bonds is 3. The molecule has 3 aromatic rings. The van der Waals surface area contributed by atoms with E-state index in [9.17, 15) is 26.3 Å². The molecule has 0 saturated carbocycles. The van der Waals surface area contributed by atoms with Crippen molar-refractivity contribution in [3.05, 3.63) is 77.0 Å². The SMILES string of the molecule is NC(c1ccccc1)c1cc(-c2cc(C(F)(F)F)cc(C(F)(F)F)c2)no1. The van der Waals surface area contributed by atoms with Crippen LogP contribution in [0, 0.1) is 0 Å². The minimum atomic E-state index is -4.94. The van der Waals surface area contributed by atoms with E-state index < -0.39 is 29.5 Å². The standard InChI is InChI=1S/C18H12F6N2O/c19-17(20,21)12-6-11(7-13(8-12)18(22,23)24)14-9-15(27-26-14)16(25)10-4-2-1-3-5-10/h1-9,16H,25H2. The van der Waals surface area contributed by atoms with Gasteiger partial charge >= 0.3 is 12.4 Å². The minimum Gasteiger partial charge on any atom is -0.359 e. The molecular weight excluding hydrogens is 374 g/mol. The number of hydrogen-bond acceptors (Lipinski definition) is 3. The molecule has 0 fully saturated rings. The highest BCUT2D eigenvalue weighted by molar-refractivity contribution is 5.62. The van der Waals surface area contributed by atoms with E-state index in [1.807, 2.05) is 0 Å². The fourth-order valence-corrected chi connectivity index (χ4v) is 2.50. The van der Waals surface area contributed by atoms with Crippen LogP contribution in [0.1, 0.15) is 28.5 Å². The highest BCUT2D eigenvalue weighted by atomic mass is 19.4. The Morgan fingerprint density at radius 1 is 0.815 bits per heavy atom. The number of alkyl halides is 6. The van der Waals surface area contributed by atoms with E-state index in [0.717, 1.165) is 0 Å². The summed E-state index contributed by atoms with van der Waals surface area (Å²) >= 11 is 0. The van der Waals surface area contributed by atoms with E-state index >= 15 is 0 Å². The lowest BCUT2D eigenvalue weighted by Crippen LogP contribution is -2.11. The van der Waals surface area contributed by atoms with Crippen molar-refractivity contribution in [2.75, 3.05) is 0 Å². The molecule has 1 aromatic heterocycles. The molecule has 0 radical (unpaired) electrons. The fourth-order valence-electron chi connectivity index (χ4n) is 2.50. The van der Waals surface area contributed by atoms with Gasteiger partial charge < -0.3 is 10.3 Å². The Bertz CT molecular complexity index is 899. The van der Waals surface area contributed by atoms with Gasteiger partial charge in [-0.05, 0) is 23.8 Å². The Labute approximate surface area is 149 Å². The van der Waals surface area contributed by atoms with Gasteiger partial charge in [-0.2, -0.15) is 26.3 Å². The quantitative estimate of drug-likeness (QED) is 0.611. The first-order chi connectivity index (χ1) is 12.6. The molecule has 27 heavy (non-hydrogen) atoms. The van der Waals surface area contributed by atoms with E-state index in [0.29, 0.717) is 17.7 Å². The predicted octanol–water partition coefficient (Wildman–Crippen LogP) is 5.43. The zero-order chi connectivity index (χ0) is 19.8. The minimum absolute atomic E-state index is 0.0558. The number of benzene rings is 2. The molecule has 9 heteroatoms. The van der Waals surface area contributed by atoms with Gasteiger partial charge in [-0.1, -0.05) is 35.5 Å². The Morgan fingerprint density at radius 3 is 1.89 bits per heavy atom. The van der Waals surface area contributed by atoms with Crippen molar-refractivity contribution in [2.45, 2.75) is 18.4 Å². The van der Waals surface area contributed by atoms with Gasteiger partial charge in [0.2, 0.25) is 0 Å². The zero-order valence-corrected chi connectivity index (χ0v) is 13.5. The third kappa shape index (κ3) is 4.13. The first kappa shape index (κ1) is 19.0. The molecule has 1 heterocycles. The van der Waals surface area contributed by atoms with Crippen molar-refractivity contribution in [1.29, 1.82) is 0 Å². The third-order valence-electron chi connectivity index (χ3n) is 3.88. The molecule has 0 aliphatic rings. The van der Waals surface area contributed by atoms with Gasteiger partial charge in [-0.3, -0.25) is 0 Å². The van der Waals surface area contributed by atoms with Crippen LogP contribution in [-0.2, 0) is 12.4 Å². The van der Waals surface area contributed by atoms with Gasteiger partial charge in [0.05, 0.1) is 17.2 Å². The summed E-state index contributed by atoms with van der Waals surface area (Å²) in [5.41, 5.74) is 3.27. The van der Waals surface area contributed by atoms with Crippen molar-refractivity contribution in [3.8, 4) is 11.3 Å². The molecule has 0 amide bonds. The monoisotopic (exact) mass is 386 g/mol. The molecule has 0 spiro atoms. The van der Waals surface area contributed by atoms with Crippen molar-refractivity contribution >= 4 is 0 Å². The zero-order valence-electron chi connectivity index (χ0n) is 13.5. The molecule has 0 bridgehead atoms. The van der Waals surface area contributed by atoms with Crippen LogP contribution in [0.3, 0.4) is 0 Å². The van der Waals surface area contributed by atoms with Crippen LogP contribution >= 0.6 is 0 Å². The Balaban J connectivity index is 2.03. The highest BCUT2D eigenvalue weighted by Gasteiger charge is 2.37. The van der Waals surface area contributed by atoms with E-state index in [1.165, 1.54) is 6.07 Å². The van der Waals surface area contributed by atoms with Crippen LogP contribution in [0.25, 0.3) is 11.3 Å². The van der Waals surface area contributed by atoms with Crippen molar-refractivity contribution < 1.29 is 30.9 Å². The number of aromatic nitrogens is 1. The second-order valence-corrected chi connectivity index (χ2v) is 5.80. The van der Waals surface area contributed by atoms with E-state index in [1.54, 1.807) is 30.3 Å². The average molecular weight is 386 g/mol. The van der Waals surface area contributed by atoms with Crippen LogP contribution in [-0.4, -0.2) is 5.16 Å². The highest BCUT2D eigenvalue weighted by Crippen LogP contribution is 2.38. The topological polar surface area (TPSA) is 52.0 Å². The first-order valence-corrected chi connectivity index (χ1v) is 7.62. The fraction of sp³-hybridized carbons (Fsp3) is 0.167. The molecule has 0 aliphatic carbocycles. The summed E-state index contributed by atoms with van der Waals surface area (Å²) < 4.78 is 82.9. The molecule has 3 rings (SSSR count). The van der Waals surface area contributed by atoms with Crippen molar-refractivity contribution in [2.24, 2.45) is 5.73 Å². The number of hydrogen-bond donors (Lipinski definition) is 1. The van der Waals surface area contributed by atoms with Gasteiger partial charge in [0.25, 0.3) is 0 Å². The van der Waals surface area contributed by atoms with Gasteiger partial charge in [-0.25, -0.2) is 0 Å². The third-order valence-corrected chi connectivity index (χ3v) is 3.88. The lowest BCUT2D eigenvalue weighted by molar-refractivity contribution is -0.143. The predicted molar refractivity (Wildman–Crippen MR) is 84.4 cm³/mol. The van der Waals surface area contributed by atoms with E-state index in [2.05, 4.69) is 5.16 Å². The largest absolute Gasteiger partial charge is 0.416 e. The van der Waals surface area contributed by atoms with E-state index in [4.69, 9.17) is 10.3 Å². The lowest BCUT2D eigenvalue weighted by atomic mass is 10.0. The summed E-state index contributed by atoms with van der Waals surface area (Å²) in [5.74, 6) is 0.113. The maximum atomic E-state index is 13.0. The summed E-state index contributed by atoms with van der Waals surface area (Å²) in [5, 5.41) is 3.59. The number of halogens is 6. The van der Waals surface area contributed by atoms with Crippen LogP contribution in [0.15, 0.2) is 59.1 Å².